The summed E-state index contributed by atoms with van der Waals surface area (Å²) < 4.78 is 36.4. The number of nitrogens with zero attached hydrogens (tertiary/aromatic N) is 2. The van der Waals surface area contributed by atoms with E-state index in [9.17, 15) is 18.0 Å². The number of carbonyl (C=O) groups excluding carboxylic acids is 1. The molecule has 1 aliphatic rings. The quantitative estimate of drug-likeness (QED) is 0.740. The lowest BCUT2D eigenvalue weighted by molar-refractivity contribution is -0.192. The largest absolute Gasteiger partial charge is 0.490 e. The first kappa shape index (κ1) is 21.8. The molecule has 1 aliphatic heterocycles. The molecule has 1 fully saturated rings. The van der Waals surface area contributed by atoms with Gasteiger partial charge >= 0.3 is 18.1 Å². The Morgan fingerprint density at radius 2 is 1.75 bits per heavy atom. The Hall–Kier alpha value is -2.53. The number of rotatable bonds is 3. The highest BCUT2D eigenvalue weighted by atomic mass is 32.1. The van der Waals surface area contributed by atoms with Gasteiger partial charge in [-0.3, -0.25) is 0 Å². The third-order valence-electron chi connectivity index (χ3n) is 3.92. The summed E-state index contributed by atoms with van der Waals surface area (Å²) >= 11 is 1.65. The topological polar surface area (TPSA) is 101 Å². The number of methoxy groups -OCH3 is 1. The normalized spacial score (nSPS) is 14.7. The van der Waals surface area contributed by atoms with E-state index in [1.54, 1.807) is 23.5 Å². The van der Waals surface area contributed by atoms with E-state index >= 15 is 0 Å². The maximum Gasteiger partial charge on any atom is 0.490 e. The molecule has 28 heavy (non-hydrogen) atoms. The molecule has 0 aliphatic carbocycles. The second-order valence-electron chi connectivity index (χ2n) is 5.84. The second-order valence-corrected chi connectivity index (χ2v) is 6.85. The first-order valence-corrected chi connectivity index (χ1v) is 9.07. The molecule has 1 aromatic heterocycles. The molecule has 2 N–H and O–H groups in total. The van der Waals surface area contributed by atoms with Crippen LogP contribution in [0.3, 0.4) is 0 Å². The molecule has 0 atom stereocenters. The number of hydrogen-bond acceptors (Lipinski definition) is 7. The number of halogens is 3. The summed E-state index contributed by atoms with van der Waals surface area (Å²) in [5.74, 6) is -2.56. The molecule has 3 rings (SSSR count). The van der Waals surface area contributed by atoms with Crippen LogP contribution in [0.4, 0.5) is 13.2 Å². The fourth-order valence-corrected chi connectivity index (χ4v) is 3.47. The van der Waals surface area contributed by atoms with Crippen LogP contribution in [0.15, 0.2) is 24.3 Å². The van der Waals surface area contributed by atoms with Crippen molar-refractivity contribution >= 4 is 23.3 Å². The number of piperidine rings is 1. The van der Waals surface area contributed by atoms with Crippen molar-refractivity contribution in [3.05, 3.63) is 34.8 Å². The van der Waals surface area contributed by atoms with Gasteiger partial charge in [-0.2, -0.15) is 13.2 Å². The van der Waals surface area contributed by atoms with E-state index in [1.165, 1.54) is 7.11 Å². The number of benzene rings is 1. The van der Waals surface area contributed by atoms with Crippen LogP contribution in [0, 0.1) is 0 Å². The zero-order chi connectivity index (χ0) is 20.7. The standard InChI is InChI=1S/C15H17N3O2S.C2HF3O2/c1-20-15(19)12-4-2-10(3-5-12)13-17-18-14(21-13)11-6-8-16-9-7-11;3-2(4,5)1(6)7/h2-5,11,16H,6-9H2,1H3;(H,6,7). The second kappa shape index (κ2) is 9.60. The number of hydrogen-bond donors (Lipinski definition) is 2. The lowest BCUT2D eigenvalue weighted by atomic mass is 9.99. The molecule has 1 saturated heterocycles. The van der Waals surface area contributed by atoms with Crippen molar-refractivity contribution in [2.45, 2.75) is 24.9 Å². The molecule has 0 radical (unpaired) electrons. The molecule has 11 heteroatoms. The zero-order valence-electron chi connectivity index (χ0n) is 14.8. The van der Waals surface area contributed by atoms with Gasteiger partial charge in [-0.25, -0.2) is 9.59 Å². The number of carboxylic acid groups (broad SMARTS) is 1. The van der Waals surface area contributed by atoms with Gasteiger partial charge in [0.05, 0.1) is 12.7 Å². The van der Waals surface area contributed by atoms with E-state index in [-0.39, 0.29) is 5.97 Å². The molecular weight excluding hydrogens is 399 g/mol. The fourth-order valence-electron chi connectivity index (χ4n) is 2.45. The third kappa shape index (κ3) is 5.99. The minimum atomic E-state index is -5.08. The molecule has 2 heterocycles. The van der Waals surface area contributed by atoms with Crippen LogP contribution in [0.1, 0.15) is 34.1 Å². The minimum Gasteiger partial charge on any atom is -0.475 e. The predicted molar refractivity (Wildman–Crippen MR) is 95.2 cm³/mol. The number of ether oxygens (including phenoxy) is 1. The molecule has 152 valence electrons. The van der Waals surface area contributed by atoms with Crippen molar-refractivity contribution in [3.8, 4) is 10.6 Å². The summed E-state index contributed by atoms with van der Waals surface area (Å²) in [7, 11) is 1.38. The summed E-state index contributed by atoms with van der Waals surface area (Å²) in [6.07, 6.45) is -2.84. The SMILES string of the molecule is COC(=O)c1ccc(-c2nnc(C3CCNCC3)s2)cc1.O=C(O)C(F)(F)F. The van der Waals surface area contributed by atoms with Crippen molar-refractivity contribution in [1.82, 2.24) is 15.5 Å². The van der Waals surface area contributed by atoms with Gasteiger partial charge in [0.15, 0.2) is 0 Å². The number of alkyl halides is 3. The molecular formula is C17H18F3N3O4S. The van der Waals surface area contributed by atoms with Gasteiger partial charge in [0.2, 0.25) is 0 Å². The number of carboxylic acids is 1. The smallest absolute Gasteiger partial charge is 0.475 e. The summed E-state index contributed by atoms with van der Waals surface area (Å²) in [5.41, 5.74) is 1.53. The number of carbonyl (C=O) groups is 2. The van der Waals surface area contributed by atoms with Crippen LogP contribution in [0.5, 0.6) is 0 Å². The zero-order valence-corrected chi connectivity index (χ0v) is 15.6. The molecule has 0 unspecified atom stereocenters. The Labute approximate surface area is 162 Å². The van der Waals surface area contributed by atoms with E-state index in [2.05, 4.69) is 15.5 Å². The van der Waals surface area contributed by atoms with Gasteiger partial charge in [0.25, 0.3) is 0 Å². The predicted octanol–water partition coefficient (Wildman–Crippen LogP) is 3.09. The number of nitrogens with one attached hydrogen (secondary N) is 1. The van der Waals surface area contributed by atoms with Crippen molar-refractivity contribution in [1.29, 1.82) is 0 Å². The van der Waals surface area contributed by atoms with Gasteiger partial charge in [-0.05, 0) is 38.1 Å². The van der Waals surface area contributed by atoms with Gasteiger partial charge in [-0.1, -0.05) is 23.5 Å². The van der Waals surface area contributed by atoms with E-state index in [4.69, 9.17) is 14.6 Å². The first-order valence-electron chi connectivity index (χ1n) is 8.25. The lowest BCUT2D eigenvalue weighted by Gasteiger charge is -2.19. The van der Waals surface area contributed by atoms with Crippen molar-refractivity contribution < 1.29 is 32.6 Å². The van der Waals surface area contributed by atoms with Crippen molar-refractivity contribution in [2.24, 2.45) is 0 Å². The Morgan fingerprint density at radius 3 is 2.25 bits per heavy atom. The van der Waals surface area contributed by atoms with E-state index in [1.807, 2.05) is 12.1 Å². The Kier molecular flexibility index (Phi) is 7.46. The summed E-state index contributed by atoms with van der Waals surface area (Å²) in [4.78, 5) is 20.3. The first-order chi connectivity index (χ1) is 13.2. The van der Waals surface area contributed by atoms with Crippen molar-refractivity contribution in [2.75, 3.05) is 20.2 Å². The van der Waals surface area contributed by atoms with E-state index in [0.717, 1.165) is 41.5 Å². The highest BCUT2D eigenvalue weighted by Gasteiger charge is 2.38. The average Bonchev–Trinajstić information content (AvgIpc) is 3.18. The lowest BCUT2D eigenvalue weighted by Crippen LogP contribution is -2.26. The molecule has 2 aromatic rings. The molecule has 0 saturated carbocycles. The average molecular weight is 417 g/mol. The van der Waals surface area contributed by atoms with Gasteiger partial charge < -0.3 is 15.2 Å². The maximum absolute atomic E-state index is 11.4. The van der Waals surface area contributed by atoms with Crippen LogP contribution in [-0.2, 0) is 9.53 Å². The van der Waals surface area contributed by atoms with Gasteiger partial charge in [0, 0.05) is 11.5 Å². The van der Waals surface area contributed by atoms with Crippen LogP contribution in [0.2, 0.25) is 0 Å². The number of esters is 1. The van der Waals surface area contributed by atoms with E-state index < -0.39 is 12.1 Å². The molecule has 0 amide bonds. The monoisotopic (exact) mass is 417 g/mol. The number of aromatic nitrogens is 2. The van der Waals surface area contributed by atoms with Crippen LogP contribution in [-0.4, -0.2) is 53.6 Å². The molecule has 0 bridgehead atoms. The molecule has 7 nitrogen and oxygen atoms in total. The third-order valence-corrected chi connectivity index (χ3v) is 5.06. The Balaban J connectivity index is 0.000000345. The highest BCUT2D eigenvalue weighted by Crippen LogP contribution is 2.32. The Bertz CT molecular complexity index is 803. The summed E-state index contributed by atoms with van der Waals surface area (Å²) in [5, 5.41) is 21.1. The Morgan fingerprint density at radius 1 is 1.18 bits per heavy atom. The number of aliphatic carboxylic acids is 1. The summed E-state index contributed by atoms with van der Waals surface area (Å²) in [6, 6.07) is 7.29. The molecule has 0 spiro atoms. The van der Waals surface area contributed by atoms with Crippen LogP contribution >= 0.6 is 11.3 Å². The van der Waals surface area contributed by atoms with Crippen molar-refractivity contribution in [3.63, 3.8) is 0 Å². The van der Waals surface area contributed by atoms with Crippen LogP contribution < -0.4 is 5.32 Å². The highest BCUT2D eigenvalue weighted by molar-refractivity contribution is 7.14. The fraction of sp³-hybridized carbons (Fsp3) is 0.412. The summed E-state index contributed by atoms with van der Waals surface area (Å²) in [6.45, 7) is 2.10. The maximum atomic E-state index is 11.4. The van der Waals surface area contributed by atoms with Crippen LogP contribution in [0.25, 0.3) is 10.6 Å². The van der Waals surface area contributed by atoms with Gasteiger partial charge in [-0.15, -0.1) is 10.2 Å². The minimum absolute atomic E-state index is 0.325. The van der Waals surface area contributed by atoms with Gasteiger partial charge in [0.1, 0.15) is 10.0 Å². The van der Waals surface area contributed by atoms with E-state index in [0.29, 0.717) is 11.5 Å². The molecule has 1 aromatic carbocycles.